The third kappa shape index (κ3) is 3.86. The maximum Gasteiger partial charge on any atom is 0.338 e. The highest BCUT2D eigenvalue weighted by atomic mass is 16.5. The fourth-order valence-electron chi connectivity index (χ4n) is 3.85. The second-order valence-electron chi connectivity index (χ2n) is 7.78. The Morgan fingerprint density at radius 2 is 1.72 bits per heavy atom. The third-order valence-corrected chi connectivity index (χ3v) is 5.11. The Morgan fingerprint density at radius 3 is 2.45 bits per heavy atom. The molecular weight excluding hydrogens is 358 g/mol. The van der Waals surface area contributed by atoms with Crippen LogP contribution in [0.25, 0.3) is 32.8 Å². The van der Waals surface area contributed by atoms with Crippen molar-refractivity contribution in [2.45, 2.75) is 27.2 Å². The first kappa shape index (κ1) is 19.1. The minimum atomic E-state index is -0.316. The van der Waals surface area contributed by atoms with Gasteiger partial charge in [0.05, 0.1) is 17.9 Å². The molecule has 0 radical (unpaired) electrons. The van der Waals surface area contributed by atoms with Crippen LogP contribution in [0.1, 0.15) is 36.7 Å². The van der Waals surface area contributed by atoms with Crippen LogP contribution in [-0.2, 0) is 11.2 Å². The molecule has 4 rings (SSSR count). The summed E-state index contributed by atoms with van der Waals surface area (Å²) in [5.74, 6) is 0.285. The number of carbonyl (C=O) groups excluding carboxylic acids is 1. The van der Waals surface area contributed by atoms with Crippen molar-refractivity contribution in [2.24, 2.45) is 5.92 Å². The van der Waals surface area contributed by atoms with Gasteiger partial charge >= 0.3 is 5.97 Å². The summed E-state index contributed by atoms with van der Waals surface area (Å²) in [7, 11) is 0. The van der Waals surface area contributed by atoms with E-state index in [0.717, 1.165) is 39.2 Å². The lowest BCUT2D eigenvalue weighted by atomic mass is 9.94. The molecule has 0 aliphatic carbocycles. The van der Waals surface area contributed by atoms with Crippen molar-refractivity contribution in [3.05, 3.63) is 78.0 Å². The number of hydrogen-bond donors (Lipinski definition) is 0. The summed E-state index contributed by atoms with van der Waals surface area (Å²) < 4.78 is 5.35. The number of rotatable bonds is 5. The van der Waals surface area contributed by atoms with Gasteiger partial charge in [-0.05, 0) is 59.2 Å². The van der Waals surface area contributed by atoms with E-state index in [1.165, 1.54) is 5.56 Å². The van der Waals surface area contributed by atoms with Gasteiger partial charge < -0.3 is 4.74 Å². The lowest BCUT2D eigenvalue weighted by Crippen LogP contribution is -2.07. The molecule has 0 saturated heterocycles. The highest BCUT2D eigenvalue weighted by Gasteiger charge is 2.18. The molecule has 1 heterocycles. The smallest absolute Gasteiger partial charge is 0.338 e. The van der Waals surface area contributed by atoms with Gasteiger partial charge in [0.2, 0.25) is 0 Å². The second kappa shape index (κ2) is 8.04. The van der Waals surface area contributed by atoms with Gasteiger partial charge in [-0.1, -0.05) is 56.3 Å². The fourth-order valence-corrected chi connectivity index (χ4v) is 3.85. The number of fused-ring (bicyclic) bond motifs is 2. The van der Waals surface area contributed by atoms with Gasteiger partial charge in [0.1, 0.15) is 0 Å². The Hall–Kier alpha value is -3.20. The van der Waals surface area contributed by atoms with Crippen LogP contribution in [0.4, 0.5) is 0 Å². The summed E-state index contributed by atoms with van der Waals surface area (Å²) in [6.07, 6.45) is 2.86. The third-order valence-electron chi connectivity index (χ3n) is 5.11. The molecule has 29 heavy (non-hydrogen) atoms. The Labute approximate surface area is 171 Å². The Kier molecular flexibility index (Phi) is 5.30. The molecule has 0 aliphatic rings. The topological polar surface area (TPSA) is 39.2 Å². The normalized spacial score (nSPS) is 11.3. The second-order valence-corrected chi connectivity index (χ2v) is 7.78. The van der Waals surface area contributed by atoms with Crippen LogP contribution < -0.4 is 0 Å². The lowest BCUT2D eigenvalue weighted by Gasteiger charge is -2.13. The van der Waals surface area contributed by atoms with Gasteiger partial charge in [-0.2, -0.15) is 0 Å². The highest BCUT2D eigenvalue weighted by molar-refractivity contribution is 6.06. The van der Waals surface area contributed by atoms with Crippen LogP contribution in [0.15, 0.2) is 66.9 Å². The minimum Gasteiger partial charge on any atom is -0.462 e. The standard InChI is InChI=1S/C26H25NO2/c1-4-29-26(28)24-16-20-8-6-5-7-19(20)15-23(24)25-22-10-9-18(13-17(2)3)14-21(22)11-12-27-25/h5-12,14-17H,4,13H2,1-3H3. The lowest BCUT2D eigenvalue weighted by molar-refractivity contribution is 0.0527. The molecule has 0 unspecified atom stereocenters. The summed E-state index contributed by atoms with van der Waals surface area (Å²) in [6.45, 7) is 6.61. The number of pyridine rings is 1. The molecule has 4 aromatic rings. The molecule has 0 spiro atoms. The summed E-state index contributed by atoms with van der Waals surface area (Å²) in [4.78, 5) is 17.4. The first-order chi connectivity index (χ1) is 14.1. The minimum absolute atomic E-state index is 0.316. The Bertz CT molecular complexity index is 1190. The molecular formula is C26H25NO2. The van der Waals surface area contributed by atoms with Crippen LogP contribution in [0, 0.1) is 5.92 Å². The number of hydrogen-bond acceptors (Lipinski definition) is 3. The molecule has 1 aromatic heterocycles. The zero-order valence-electron chi connectivity index (χ0n) is 17.1. The van der Waals surface area contributed by atoms with Crippen molar-refractivity contribution in [1.29, 1.82) is 0 Å². The van der Waals surface area contributed by atoms with Gasteiger partial charge in [0.25, 0.3) is 0 Å². The van der Waals surface area contributed by atoms with Crippen LogP contribution in [0.5, 0.6) is 0 Å². The molecule has 0 bridgehead atoms. The molecule has 0 saturated carbocycles. The zero-order chi connectivity index (χ0) is 20.4. The quantitative estimate of drug-likeness (QED) is 0.373. The Morgan fingerprint density at radius 1 is 0.966 bits per heavy atom. The maximum atomic E-state index is 12.7. The zero-order valence-corrected chi connectivity index (χ0v) is 17.1. The van der Waals surface area contributed by atoms with Crippen molar-refractivity contribution in [3.63, 3.8) is 0 Å². The molecule has 0 amide bonds. The van der Waals surface area contributed by atoms with E-state index in [4.69, 9.17) is 4.74 Å². The summed E-state index contributed by atoms with van der Waals surface area (Å²) in [5, 5.41) is 4.27. The van der Waals surface area contributed by atoms with E-state index in [0.29, 0.717) is 18.1 Å². The largest absolute Gasteiger partial charge is 0.462 e. The molecule has 3 heteroatoms. The number of benzene rings is 3. The van der Waals surface area contributed by atoms with E-state index in [2.05, 4.69) is 43.1 Å². The molecule has 0 N–H and O–H groups in total. The van der Waals surface area contributed by atoms with Crippen molar-refractivity contribution < 1.29 is 9.53 Å². The number of carbonyl (C=O) groups is 1. The van der Waals surface area contributed by atoms with E-state index in [9.17, 15) is 4.79 Å². The average Bonchev–Trinajstić information content (AvgIpc) is 2.72. The number of nitrogens with zero attached hydrogens (tertiary/aromatic N) is 1. The maximum absolute atomic E-state index is 12.7. The number of ether oxygens (including phenoxy) is 1. The average molecular weight is 383 g/mol. The van der Waals surface area contributed by atoms with Crippen LogP contribution >= 0.6 is 0 Å². The van der Waals surface area contributed by atoms with Gasteiger partial charge in [-0.25, -0.2) is 4.79 Å². The van der Waals surface area contributed by atoms with Crippen molar-refractivity contribution >= 4 is 27.5 Å². The van der Waals surface area contributed by atoms with Gasteiger partial charge in [-0.15, -0.1) is 0 Å². The van der Waals surface area contributed by atoms with Gasteiger partial charge in [0.15, 0.2) is 0 Å². The summed E-state index contributed by atoms with van der Waals surface area (Å²) >= 11 is 0. The molecule has 3 aromatic carbocycles. The first-order valence-corrected chi connectivity index (χ1v) is 10.1. The van der Waals surface area contributed by atoms with E-state index in [1.54, 1.807) is 0 Å². The summed E-state index contributed by atoms with van der Waals surface area (Å²) in [5.41, 5.74) is 3.49. The molecule has 146 valence electrons. The SMILES string of the molecule is CCOC(=O)c1cc2ccccc2cc1-c1nccc2cc(CC(C)C)ccc12. The predicted molar refractivity (Wildman–Crippen MR) is 119 cm³/mol. The van der Waals surface area contributed by atoms with Crippen LogP contribution in [0.2, 0.25) is 0 Å². The monoisotopic (exact) mass is 383 g/mol. The fraction of sp³-hybridized carbons (Fsp3) is 0.231. The molecule has 0 fully saturated rings. The number of esters is 1. The molecule has 0 atom stereocenters. The van der Waals surface area contributed by atoms with E-state index < -0.39 is 0 Å². The molecule has 0 aliphatic heterocycles. The van der Waals surface area contributed by atoms with Crippen molar-refractivity contribution in [3.8, 4) is 11.3 Å². The van der Waals surface area contributed by atoms with Crippen LogP contribution in [-0.4, -0.2) is 17.6 Å². The van der Waals surface area contributed by atoms with Crippen molar-refractivity contribution in [1.82, 2.24) is 4.98 Å². The number of aromatic nitrogens is 1. The van der Waals surface area contributed by atoms with Gasteiger partial charge in [0, 0.05) is 17.1 Å². The van der Waals surface area contributed by atoms with Crippen molar-refractivity contribution in [2.75, 3.05) is 6.61 Å². The van der Waals surface area contributed by atoms with E-state index >= 15 is 0 Å². The summed E-state index contributed by atoms with van der Waals surface area (Å²) in [6, 6.07) is 20.6. The highest BCUT2D eigenvalue weighted by Crippen LogP contribution is 2.33. The molecule has 3 nitrogen and oxygen atoms in total. The predicted octanol–water partition coefficient (Wildman–Crippen LogP) is 6.43. The van der Waals surface area contributed by atoms with Gasteiger partial charge in [-0.3, -0.25) is 4.98 Å². The first-order valence-electron chi connectivity index (χ1n) is 10.1. The van der Waals surface area contributed by atoms with E-state index in [1.807, 2.05) is 49.5 Å². The van der Waals surface area contributed by atoms with E-state index in [-0.39, 0.29) is 5.97 Å². The van der Waals surface area contributed by atoms with Crippen LogP contribution in [0.3, 0.4) is 0 Å². The Balaban J connectivity index is 1.94.